The smallest absolute Gasteiger partial charge is 0.225 e. The Kier molecular flexibility index (Phi) is 5.41. The number of amides is 1. The Morgan fingerprint density at radius 2 is 2.00 bits per heavy atom. The number of rotatable bonds is 3. The monoisotopic (exact) mass is 372 g/mol. The first-order valence-corrected chi connectivity index (χ1v) is 9.87. The Morgan fingerprint density at radius 1 is 1.33 bits per heavy atom. The summed E-state index contributed by atoms with van der Waals surface area (Å²) in [6, 6.07) is 4.24. The van der Waals surface area contributed by atoms with Gasteiger partial charge in [-0.05, 0) is 37.3 Å². The number of fused-ring (bicyclic) bond motifs is 1. The zero-order valence-corrected chi connectivity index (χ0v) is 16.6. The molecule has 0 atom stereocenters. The predicted octanol–water partition coefficient (Wildman–Crippen LogP) is 3.30. The van der Waals surface area contributed by atoms with Crippen LogP contribution in [0, 0.1) is 16.7 Å². The highest BCUT2D eigenvalue weighted by molar-refractivity contribution is 5.81. The SMILES string of the molecule is CC(C)(C)C(=O)NCC1(F)CCN(c2nc3c(cc2C#N)CCCC3)CC1. The van der Waals surface area contributed by atoms with E-state index in [0.29, 0.717) is 37.3 Å². The van der Waals surface area contributed by atoms with E-state index in [9.17, 15) is 10.1 Å². The number of halogens is 1. The quantitative estimate of drug-likeness (QED) is 0.884. The minimum absolute atomic E-state index is 0.0413. The molecule has 3 rings (SSSR count). The molecule has 0 unspecified atom stereocenters. The van der Waals surface area contributed by atoms with Crippen molar-refractivity contribution in [3.8, 4) is 6.07 Å². The van der Waals surface area contributed by atoms with Gasteiger partial charge in [-0.25, -0.2) is 9.37 Å². The predicted molar refractivity (Wildman–Crippen MR) is 103 cm³/mol. The molecule has 1 aromatic heterocycles. The summed E-state index contributed by atoms with van der Waals surface area (Å²) in [5.41, 5.74) is 0.931. The number of aryl methyl sites for hydroxylation is 2. The summed E-state index contributed by atoms with van der Waals surface area (Å²) in [7, 11) is 0. The van der Waals surface area contributed by atoms with Gasteiger partial charge in [0.25, 0.3) is 0 Å². The van der Waals surface area contributed by atoms with Crippen molar-refractivity contribution in [3.05, 3.63) is 22.9 Å². The van der Waals surface area contributed by atoms with Crippen molar-refractivity contribution in [1.82, 2.24) is 10.3 Å². The second-order valence-electron chi connectivity index (χ2n) is 8.85. The molecule has 2 aliphatic rings. The van der Waals surface area contributed by atoms with Gasteiger partial charge in [0.05, 0.1) is 12.1 Å². The van der Waals surface area contributed by atoms with Crippen LogP contribution in [-0.4, -0.2) is 36.2 Å². The average molecular weight is 372 g/mol. The largest absolute Gasteiger partial charge is 0.355 e. The summed E-state index contributed by atoms with van der Waals surface area (Å²) in [5.74, 6) is 0.559. The molecule has 1 fully saturated rings. The number of hydrogen-bond donors (Lipinski definition) is 1. The molecule has 0 radical (unpaired) electrons. The van der Waals surface area contributed by atoms with Crippen LogP contribution in [-0.2, 0) is 17.6 Å². The van der Waals surface area contributed by atoms with E-state index in [4.69, 9.17) is 4.98 Å². The number of pyridine rings is 1. The lowest BCUT2D eigenvalue weighted by Crippen LogP contribution is -2.50. The number of anilines is 1. The van der Waals surface area contributed by atoms with Gasteiger partial charge in [0.2, 0.25) is 5.91 Å². The summed E-state index contributed by atoms with van der Waals surface area (Å²) in [6.07, 6.45) is 4.86. The van der Waals surface area contributed by atoms with E-state index in [0.717, 1.165) is 31.4 Å². The highest BCUT2D eigenvalue weighted by Gasteiger charge is 2.37. The van der Waals surface area contributed by atoms with E-state index < -0.39 is 11.1 Å². The molecule has 1 aromatic rings. The van der Waals surface area contributed by atoms with Crippen LogP contribution in [0.1, 0.15) is 63.3 Å². The Bertz CT molecular complexity index is 755. The van der Waals surface area contributed by atoms with Gasteiger partial charge in [-0.3, -0.25) is 4.79 Å². The molecule has 2 heterocycles. The highest BCUT2D eigenvalue weighted by Crippen LogP contribution is 2.32. The molecule has 1 saturated heterocycles. The fourth-order valence-electron chi connectivity index (χ4n) is 3.75. The molecule has 146 valence electrons. The van der Waals surface area contributed by atoms with E-state index in [2.05, 4.69) is 11.4 Å². The topological polar surface area (TPSA) is 69.0 Å². The Labute approximate surface area is 161 Å². The first-order valence-electron chi connectivity index (χ1n) is 9.87. The second-order valence-corrected chi connectivity index (χ2v) is 8.85. The molecule has 0 saturated carbocycles. The van der Waals surface area contributed by atoms with Gasteiger partial charge in [-0.2, -0.15) is 5.26 Å². The lowest BCUT2D eigenvalue weighted by Gasteiger charge is -2.38. The molecule has 6 heteroatoms. The normalized spacial score (nSPS) is 19.1. The van der Waals surface area contributed by atoms with Crippen LogP contribution < -0.4 is 10.2 Å². The number of nitrogens with zero attached hydrogens (tertiary/aromatic N) is 3. The lowest BCUT2D eigenvalue weighted by molar-refractivity contribution is -0.129. The van der Waals surface area contributed by atoms with Crippen LogP contribution in [0.15, 0.2) is 6.07 Å². The molecule has 1 amide bonds. The van der Waals surface area contributed by atoms with E-state index in [1.54, 1.807) is 0 Å². The molecular weight excluding hydrogens is 343 g/mol. The Balaban J connectivity index is 1.67. The maximum atomic E-state index is 15.1. The third-order valence-corrected chi connectivity index (χ3v) is 5.61. The summed E-state index contributed by atoms with van der Waals surface area (Å²) in [4.78, 5) is 18.8. The zero-order valence-electron chi connectivity index (χ0n) is 16.6. The van der Waals surface area contributed by atoms with Crippen LogP contribution >= 0.6 is 0 Å². The van der Waals surface area contributed by atoms with Crippen LogP contribution in [0.2, 0.25) is 0 Å². The molecule has 0 aromatic carbocycles. The standard InChI is InChI=1S/C21H29FN4O/c1-20(2,3)19(27)24-14-21(22)8-10-26(11-9-21)18-16(13-23)12-15-6-4-5-7-17(15)25-18/h12H,4-11,14H2,1-3H3,(H,24,27). The molecule has 1 N–H and O–H groups in total. The number of nitrogens with one attached hydrogen (secondary N) is 1. The Morgan fingerprint density at radius 3 is 2.63 bits per heavy atom. The van der Waals surface area contributed by atoms with Crippen molar-refractivity contribution < 1.29 is 9.18 Å². The first kappa shape index (κ1) is 19.6. The maximum absolute atomic E-state index is 15.1. The van der Waals surface area contributed by atoms with Crippen molar-refractivity contribution in [2.45, 2.75) is 65.0 Å². The van der Waals surface area contributed by atoms with Crippen LogP contribution in [0.5, 0.6) is 0 Å². The molecule has 0 bridgehead atoms. The first-order chi connectivity index (χ1) is 12.7. The van der Waals surface area contributed by atoms with E-state index in [1.807, 2.05) is 31.7 Å². The van der Waals surface area contributed by atoms with Crippen molar-refractivity contribution in [1.29, 1.82) is 5.26 Å². The number of aromatic nitrogens is 1. The van der Waals surface area contributed by atoms with E-state index >= 15 is 4.39 Å². The van der Waals surface area contributed by atoms with Gasteiger partial charge in [0.1, 0.15) is 17.6 Å². The number of piperidine rings is 1. The molecule has 27 heavy (non-hydrogen) atoms. The number of hydrogen-bond acceptors (Lipinski definition) is 4. The van der Waals surface area contributed by atoms with Crippen molar-refractivity contribution in [3.63, 3.8) is 0 Å². The number of carbonyl (C=O) groups is 1. The minimum atomic E-state index is -1.40. The van der Waals surface area contributed by atoms with Gasteiger partial charge < -0.3 is 10.2 Å². The minimum Gasteiger partial charge on any atom is -0.355 e. The van der Waals surface area contributed by atoms with Crippen molar-refractivity contribution >= 4 is 11.7 Å². The third-order valence-electron chi connectivity index (χ3n) is 5.61. The summed E-state index contributed by atoms with van der Waals surface area (Å²) < 4.78 is 15.1. The van der Waals surface area contributed by atoms with Gasteiger partial charge in [0.15, 0.2) is 0 Å². The number of carbonyl (C=O) groups excluding carboxylic acids is 1. The van der Waals surface area contributed by atoms with Crippen molar-refractivity contribution in [2.75, 3.05) is 24.5 Å². The number of nitriles is 1. The van der Waals surface area contributed by atoms with Gasteiger partial charge in [0, 0.05) is 37.0 Å². The maximum Gasteiger partial charge on any atom is 0.225 e. The fourth-order valence-corrected chi connectivity index (χ4v) is 3.75. The van der Waals surface area contributed by atoms with Crippen molar-refractivity contribution in [2.24, 2.45) is 5.41 Å². The van der Waals surface area contributed by atoms with Crippen LogP contribution in [0.4, 0.5) is 10.2 Å². The van der Waals surface area contributed by atoms with Crippen LogP contribution in [0.3, 0.4) is 0 Å². The van der Waals surface area contributed by atoms with E-state index in [1.165, 1.54) is 5.56 Å². The highest BCUT2D eigenvalue weighted by atomic mass is 19.1. The molecule has 0 spiro atoms. The van der Waals surface area contributed by atoms with Gasteiger partial charge in [-0.1, -0.05) is 20.8 Å². The van der Waals surface area contributed by atoms with E-state index in [-0.39, 0.29) is 12.5 Å². The zero-order chi connectivity index (χ0) is 19.7. The molecule has 1 aliphatic carbocycles. The fraction of sp³-hybridized carbons (Fsp3) is 0.667. The molecule has 5 nitrogen and oxygen atoms in total. The van der Waals surface area contributed by atoms with Crippen LogP contribution in [0.25, 0.3) is 0 Å². The lowest BCUT2D eigenvalue weighted by atomic mass is 9.91. The summed E-state index contributed by atoms with van der Waals surface area (Å²) in [6.45, 7) is 6.51. The second kappa shape index (κ2) is 7.46. The summed E-state index contributed by atoms with van der Waals surface area (Å²) in [5, 5.41) is 12.3. The van der Waals surface area contributed by atoms with Gasteiger partial charge in [-0.15, -0.1) is 0 Å². The van der Waals surface area contributed by atoms with Gasteiger partial charge >= 0.3 is 0 Å². The third kappa shape index (κ3) is 4.40. The average Bonchev–Trinajstić information content (AvgIpc) is 2.65. The Hall–Kier alpha value is -2.16. The molecule has 1 aliphatic heterocycles. The summed E-state index contributed by atoms with van der Waals surface area (Å²) >= 11 is 0. The molecular formula is C21H29FN4O. The number of alkyl halides is 1.